The Kier molecular flexibility index (Phi) is 3.76. The molecule has 1 rings (SSSR count). The fraction of sp³-hybridized carbons (Fsp3) is 0.300. The van der Waals surface area contributed by atoms with Gasteiger partial charge in [0.2, 0.25) is 0 Å². The van der Waals surface area contributed by atoms with Gasteiger partial charge in [-0.2, -0.15) is 0 Å². The Morgan fingerprint density at radius 3 is 2.50 bits per heavy atom. The molecule has 1 aromatic carbocycles. The zero-order chi connectivity index (χ0) is 12.2. The maximum Gasteiger partial charge on any atom is 0.573 e. The van der Waals surface area contributed by atoms with Gasteiger partial charge < -0.3 is 9.94 Å². The summed E-state index contributed by atoms with van der Waals surface area (Å²) in [5, 5.41) is 11.6. The van der Waals surface area contributed by atoms with Gasteiger partial charge in [0.25, 0.3) is 0 Å². The van der Waals surface area contributed by atoms with Crippen LogP contribution in [0.2, 0.25) is 0 Å². The van der Waals surface area contributed by atoms with Gasteiger partial charge >= 0.3 is 6.36 Å². The molecule has 0 bridgehead atoms. The maximum absolute atomic E-state index is 12.1. The second kappa shape index (κ2) is 4.87. The Morgan fingerprint density at radius 1 is 1.38 bits per heavy atom. The van der Waals surface area contributed by atoms with Crippen LogP contribution in [-0.4, -0.2) is 17.3 Å². The van der Waals surface area contributed by atoms with Crippen LogP contribution in [0.25, 0.3) is 0 Å². The normalized spacial score (nSPS) is 12.6. The number of oxime groups is 1. The minimum absolute atomic E-state index is 0.129. The Balaban J connectivity index is 3.10. The number of alkyl halides is 3. The molecule has 88 valence electrons. The lowest BCUT2D eigenvalue weighted by Crippen LogP contribution is -2.19. The molecule has 0 atom stereocenters. The van der Waals surface area contributed by atoms with E-state index in [4.69, 9.17) is 5.21 Å². The lowest BCUT2D eigenvalue weighted by Gasteiger charge is -2.12. The van der Waals surface area contributed by atoms with E-state index in [1.54, 1.807) is 13.0 Å². The quantitative estimate of drug-likeness (QED) is 0.495. The number of halogens is 3. The van der Waals surface area contributed by atoms with Crippen molar-refractivity contribution < 1.29 is 23.1 Å². The van der Waals surface area contributed by atoms with E-state index in [2.05, 4.69) is 9.89 Å². The lowest BCUT2D eigenvalue weighted by molar-refractivity contribution is -0.274. The molecule has 3 nitrogen and oxygen atoms in total. The van der Waals surface area contributed by atoms with Gasteiger partial charge in [-0.05, 0) is 18.6 Å². The Morgan fingerprint density at radius 2 is 2.00 bits per heavy atom. The first-order valence-electron chi connectivity index (χ1n) is 4.54. The smallest absolute Gasteiger partial charge is 0.411 e. The van der Waals surface area contributed by atoms with Crippen LogP contribution in [0.1, 0.15) is 18.9 Å². The molecule has 0 aliphatic carbocycles. The van der Waals surface area contributed by atoms with Crippen LogP contribution in [0, 0.1) is 0 Å². The van der Waals surface area contributed by atoms with Crippen molar-refractivity contribution in [2.24, 2.45) is 5.16 Å². The van der Waals surface area contributed by atoms with Crippen LogP contribution in [0.5, 0.6) is 5.75 Å². The number of nitrogens with zero attached hydrogens (tertiary/aromatic N) is 1. The average molecular weight is 233 g/mol. The number of hydrogen-bond acceptors (Lipinski definition) is 3. The summed E-state index contributed by atoms with van der Waals surface area (Å²) in [5.74, 6) is -0.371. The van der Waals surface area contributed by atoms with Crippen molar-refractivity contribution in [3.05, 3.63) is 29.8 Å². The van der Waals surface area contributed by atoms with E-state index in [0.29, 0.717) is 6.42 Å². The molecule has 0 unspecified atom stereocenters. The van der Waals surface area contributed by atoms with Gasteiger partial charge in [-0.15, -0.1) is 13.2 Å². The van der Waals surface area contributed by atoms with Crippen LogP contribution in [0.4, 0.5) is 13.2 Å². The SMILES string of the molecule is CC/C(=N/O)c1ccccc1OC(F)(F)F. The molecule has 0 fully saturated rings. The molecule has 0 amide bonds. The van der Waals surface area contributed by atoms with Crippen molar-refractivity contribution in [3.63, 3.8) is 0 Å². The number of benzene rings is 1. The van der Waals surface area contributed by atoms with Crippen LogP contribution in [0.15, 0.2) is 29.4 Å². The first-order chi connectivity index (χ1) is 7.48. The van der Waals surface area contributed by atoms with E-state index >= 15 is 0 Å². The minimum atomic E-state index is -4.76. The number of para-hydroxylation sites is 1. The third-order valence-corrected chi connectivity index (χ3v) is 1.88. The number of rotatable bonds is 3. The summed E-state index contributed by atoms with van der Waals surface area (Å²) in [7, 11) is 0. The molecule has 0 saturated heterocycles. The van der Waals surface area contributed by atoms with Crippen molar-refractivity contribution in [1.82, 2.24) is 0 Å². The largest absolute Gasteiger partial charge is 0.573 e. The molecule has 1 aromatic rings. The molecule has 0 spiro atoms. The molecule has 0 heterocycles. The second-order valence-electron chi connectivity index (χ2n) is 2.94. The predicted octanol–water partition coefficient (Wildman–Crippen LogP) is 3.17. The topological polar surface area (TPSA) is 41.8 Å². The molecule has 0 radical (unpaired) electrons. The van der Waals surface area contributed by atoms with Crippen molar-refractivity contribution in [1.29, 1.82) is 0 Å². The Bertz CT molecular complexity index is 388. The minimum Gasteiger partial charge on any atom is -0.411 e. The van der Waals surface area contributed by atoms with E-state index in [0.717, 1.165) is 0 Å². The molecule has 0 aliphatic rings. The summed E-state index contributed by atoms with van der Waals surface area (Å²) >= 11 is 0. The van der Waals surface area contributed by atoms with Crippen molar-refractivity contribution in [2.45, 2.75) is 19.7 Å². The highest BCUT2D eigenvalue weighted by Gasteiger charge is 2.32. The van der Waals surface area contributed by atoms with Gasteiger partial charge in [0.1, 0.15) is 5.75 Å². The summed E-state index contributed by atoms with van der Waals surface area (Å²) in [6.45, 7) is 1.67. The predicted molar refractivity (Wildman–Crippen MR) is 51.7 cm³/mol. The summed E-state index contributed by atoms with van der Waals surface area (Å²) in [6, 6.07) is 5.53. The number of ether oxygens (including phenoxy) is 1. The molecule has 1 N–H and O–H groups in total. The summed E-state index contributed by atoms with van der Waals surface area (Å²) in [6.07, 6.45) is -4.46. The number of hydrogen-bond donors (Lipinski definition) is 1. The molecule has 0 aromatic heterocycles. The summed E-state index contributed by atoms with van der Waals surface area (Å²) in [4.78, 5) is 0. The van der Waals surface area contributed by atoms with Gasteiger partial charge in [-0.25, -0.2) is 0 Å². The third-order valence-electron chi connectivity index (χ3n) is 1.88. The van der Waals surface area contributed by atoms with E-state index in [-0.39, 0.29) is 17.0 Å². The standard InChI is InChI=1S/C10H10F3NO2/c1-2-8(14-15)7-5-3-4-6-9(7)16-10(11,12)13/h3-6,15H,2H2,1H3/b14-8-. The van der Waals surface area contributed by atoms with Gasteiger partial charge in [-0.3, -0.25) is 0 Å². The van der Waals surface area contributed by atoms with Gasteiger partial charge in [-0.1, -0.05) is 24.2 Å². The summed E-state index contributed by atoms with van der Waals surface area (Å²) in [5.41, 5.74) is 0.268. The zero-order valence-electron chi connectivity index (χ0n) is 8.45. The van der Waals surface area contributed by atoms with E-state index < -0.39 is 6.36 Å². The second-order valence-corrected chi connectivity index (χ2v) is 2.94. The molecule has 16 heavy (non-hydrogen) atoms. The van der Waals surface area contributed by atoms with E-state index in [1.165, 1.54) is 18.2 Å². The molecule has 6 heteroatoms. The highest BCUT2D eigenvalue weighted by molar-refractivity contribution is 6.02. The zero-order valence-corrected chi connectivity index (χ0v) is 8.45. The average Bonchev–Trinajstić information content (AvgIpc) is 2.20. The van der Waals surface area contributed by atoms with Crippen LogP contribution in [0.3, 0.4) is 0 Å². The van der Waals surface area contributed by atoms with Crippen LogP contribution in [-0.2, 0) is 0 Å². The Labute approximate surface area is 90.1 Å². The fourth-order valence-electron chi connectivity index (χ4n) is 1.23. The van der Waals surface area contributed by atoms with E-state index in [1.807, 2.05) is 0 Å². The molecular formula is C10H10F3NO2. The monoisotopic (exact) mass is 233 g/mol. The first kappa shape index (κ1) is 12.4. The maximum atomic E-state index is 12.1. The van der Waals surface area contributed by atoms with Crippen molar-refractivity contribution in [2.75, 3.05) is 0 Å². The summed E-state index contributed by atoms with van der Waals surface area (Å²) < 4.78 is 40.0. The molecule has 0 aliphatic heterocycles. The lowest BCUT2D eigenvalue weighted by atomic mass is 10.1. The molecule has 0 saturated carbocycles. The van der Waals surface area contributed by atoms with Gasteiger partial charge in [0, 0.05) is 5.56 Å². The third kappa shape index (κ3) is 3.15. The van der Waals surface area contributed by atoms with Gasteiger partial charge in [0.05, 0.1) is 5.71 Å². The highest BCUT2D eigenvalue weighted by atomic mass is 19.4. The van der Waals surface area contributed by atoms with E-state index in [9.17, 15) is 13.2 Å². The highest BCUT2D eigenvalue weighted by Crippen LogP contribution is 2.27. The fourth-order valence-corrected chi connectivity index (χ4v) is 1.23. The van der Waals surface area contributed by atoms with Crippen LogP contribution >= 0.6 is 0 Å². The Hall–Kier alpha value is -1.72. The van der Waals surface area contributed by atoms with Crippen molar-refractivity contribution >= 4 is 5.71 Å². The molecular weight excluding hydrogens is 223 g/mol. The van der Waals surface area contributed by atoms with Gasteiger partial charge in [0.15, 0.2) is 0 Å². The first-order valence-corrected chi connectivity index (χ1v) is 4.54. The van der Waals surface area contributed by atoms with Crippen LogP contribution < -0.4 is 4.74 Å². The van der Waals surface area contributed by atoms with Crippen molar-refractivity contribution in [3.8, 4) is 5.75 Å².